The van der Waals surface area contributed by atoms with Crippen LogP contribution in [0.4, 0.5) is 5.82 Å². The standard InChI is InChI=1S/C12H13N3O3/c1-3-10(5-4-9(2)15(16)17)18-11-6-7-12(13)14-8-11/h3-8H,2H2,1H3,(H2,13,14)/b5-4-,10-3+. The van der Waals surface area contributed by atoms with E-state index in [2.05, 4.69) is 11.6 Å². The predicted octanol–water partition coefficient (Wildman–Crippen LogP) is 2.29. The van der Waals surface area contributed by atoms with Crippen molar-refractivity contribution >= 4 is 5.82 Å². The maximum absolute atomic E-state index is 10.4. The van der Waals surface area contributed by atoms with E-state index in [0.717, 1.165) is 0 Å². The van der Waals surface area contributed by atoms with Crippen LogP contribution in [0.1, 0.15) is 6.92 Å². The third-order valence-electron chi connectivity index (χ3n) is 1.95. The molecule has 0 fully saturated rings. The van der Waals surface area contributed by atoms with Crippen LogP contribution < -0.4 is 10.5 Å². The maximum atomic E-state index is 10.4. The van der Waals surface area contributed by atoms with Crippen molar-refractivity contribution in [2.45, 2.75) is 6.92 Å². The van der Waals surface area contributed by atoms with E-state index in [9.17, 15) is 10.1 Å². The summed E-state index contributed by atoms with van der Waals surface area (Å²) in [6.45, 7) is 5.03. The molecule has 0 saturated heterocycles. The van der Waals surface area contributed by atoms with Crippen molar-refractivity contribution in [3.8, 4) is 5.75 Å². The molecule has 0 spiro atoms. The number of pyridine rings is 1. The van der Waals surface area contributed by atoms with Crippen molar-refractivity contribution in [1.82, 2.24) is 4.98 Å². The first-order chi connectivity index (χ1) is 8.52. The molecular weight excluding hydrogens is 234 g/mol. The average molecular weight is 247 g/mol. The highest BCUT2D eigenvalue weighted by Gasteiger charge is 2.02. The Kier molecular flexibility index (Phi) is 4.62. The summed E-state index contributed by atoms with van der Waals surface area (Å²) in [6, 6.07) is 3.25. The largest absolute Gasteiger partial charge is 0.456 e. The van der Waals surface area contributed by atoms with E-state index in [1.807, 2.05) is 0 Å². The highest BCUT2D eigenvalue weighted by atomic mass is 16.6. The van der Waals surface area contributed by atoms with Crippen LogP contribution in [0.2, 0.25) is 0 Å². The molecule has 6 heteroatoms. The maximum Gasteiger partial charge on any atom is 0.262 e. The summed E-state index contributed by atoms with van der Waals surface area (Å²) in [6.07, 6.45) is 5.86. The first kappa shape index (κ1) is 13.4. The molecule has 0 aliphatic heterocycles. The fraction of sp³-hybridized carbons (Fsp3) is 0.0833. The minimum atomic E-state index is -0.575. The van der Waals surface area contributed by atoms with Gasteiger partial charge in [-0.05, 0) is 37.8 Å². The number of ether oxygens (including phenoxy) is 1. The monoisotopic (exact) mass is 247 g/mol. The van der Waals surface area contributed by atoms with Gasteiger partial charge in [-0.15, -0.1) is 0 Å². The summed E-state index contributed by atoms with van der Waals surface area (Å²) in [4.78, 5) is 13.7. The van der Waals surface area contributed by atoms with E-state index >= 15 is 0 Å². The van der Waals surface area contributed by atoms with Gasteiger partial charge in [-0.3, -0.25) is 10.1 Å². The highest BCUT2D eigenvalue weighted by molar-refractivity contribution is 5.34. The van der Waals surface area contributed by atoms with Crippen LogP contribution in [0.5, 0.6) is 5.75 Å². The van der Waals surface area contributed by atoms with Gasteiger partial charge in [0.2, 0.25) is 0 Å². The van der Waals surface area contributed by atoms with Crippen molar-refractivity contribution in [2.75, 3.05) is 5.73 Å². The van der Waals surface area contributed by atoms with E-state index in [0.29, 0.717) is 17.3 Å². The van der Waals surface area contributed by atoms with Crippen molar-refractivity contribution in [3.63, 3.8) is 0 Å². The molecule has 6 nitrogen and oxygen atoms in total. The quantitative estimate of drug-likeness (QED) is 0.373. The summed E-state index contributed by atoms with van der Waals surface area (Å²) in [5.41, 5.74) is 5.23. The predicted molar refractivity (Wildman–Crippen MR) is 68.3 cm³/mol. The molecule has 94 valence electrons. The number of nitrogens with zero attached hydrogens (tertiary/aromatic N) is 2. The molecule has 0 amide bonds. The molecule has 0 bridgehead atoms. The van der Waals surface area contributed by atoms with Crippen LogP contribution >= 0.6 is 0 Å². The number of nitro groups is 1. The first-order valence-corrected chi connectivity index (χ1v) is 5.10. The summed E-state index contributed by atoms with van der Waals surface area (Å²) in [5, 5.41) is 10.4. The second kappa shape index (κ2) is 6.19. The Morgan fingerprint density at radius 3 is 2.78 bits per heavy atom. The van der Waals surface area contributed by atoms with Gasteiger partial charge in [-0.2, -0.15) is 0 Å². The molecule has 2 N–H and O–H groups in total. The molecule has 0 saturated carbocycles. The van der Waals surface area contributed by atoms with E-state index < -0.39 is 4.92 Å². The van der Waals surface area contributed by atoms with Gasteiger partial charge in [0, 0.05) is 6.08 Å². The van der Waals surface area contributed by atoms with Gasteiger partial charge in [0.15, 0.2) is 0 Å². The molecule has 0 aliphatic carbocycles. The van der Waals surface area contributed by atoms with Gasteiger partial charge in [0.1, 0.15) is 17.3 Å². The Bertz CT molecular complexity index is 504. The Hall–Kier alpha value is -2.63. The molecule has 0 unspecified atom stereocenters. The van der Waals surface area contributed by atoms with Crippen molar-refractivity contribution in [2.24, 2.45) is 0 Å². The fourth-order valence-corrected chi connectivity index (χ4v) is 1.02. The lowest BCUT2D eigenvalue weighted by atomic mass is 10.3. The number of hydrogen-bond acceptors (Lipinski definition) is 5. The lowest BCUT2D eigenvalue weighted by molar-refractivity contribution is -0.418. The lowest BCUT2D eigenvalue weighted by Crippen LogP contribution is -1.96. The zero-order valence-electron chi connectivity index (χ0n) is 9.87. The minimum absolute atomic E-state index is 0.214. The molecule has 1 aromatic rings. The number of aromatic nitrogens is 1. The molecule has 18 heavy (non-hydrogen) atoms. The molecule has 0 atom stereocenters. The van der Waals surface area contributed by atoms with Gasteiger partial charge in [0.05, 0.1) is 11.1 Å². The van der Waals surface area contributed by atoms with Crippen molar-refractivity contribution in [3.05, 3.63) is 64.7 Å². The molecule has 0 aliphatic rings. The summed E-state index contributed by atoms with van der Waals surface area (Å²) in [7, 11) is 0. The second-order valence-corrected chi connectivity index (χ2v) is 3.29. The summed E-state index contributed by atoms with van der Waals surface area (Å²) < 4.78 is 5.44. The van der Waals surface area contributed by atoms with Crippen LogP contribution in [-0.2, 0) is 0 Å². The number of hydrogen-bond donors (Lipinski definition) is 1. The van der Waals surface area contributed by atoms with E-state index in [1.165, 1.54) is 18.3 Å². The van der Waals surface area contributed by atoms with E-state index in [-0.39, 0.29) is 5.70 Å². The topological polar surface area (TPSA) is 91.3 Å². The van der Waals surface area contributed by atoms with E-state index in [1.54, 1.807) is 25.1 Å². The Labute approximate surface area is 104 Å². The molecule has 0 radical (unpaired) electrons. The van der Waals surface area contributed by atoms with Gasteiger partial charge < -0.3 is 10.5 Å². The molecule has 1 rings (SSSR count). The number of allylic oxidation sites excluding steroid dienone is 3. The van der Waals surface area contributed by atoms with Crippen LogP contribution in [-0.4, -0.2) is 9.91 Å². The van der Waals surface area contributed by atoms with Crippen LogP contribution in [0.3, 0.4) is 0 Å². The molecule has 0 aromatic carbocycles. The van der Waals surface area contributed by atoms with Crippen molar-refractivity contribution < 1.29 is 9.66 Å². The zero-order chi connectivity index (χ0) is 13.5. The summed E-state index contributed by atoms with van der Waals surface area (Å²) in [5.74, 6) is 1.33. The fourth-order valence-electron chi connectivity index (χ4n) is 1.02. The third-order valence-corrected chi connectivity index (χ3v) is 1.95. The molecule has 1 heterocycles. The number of anilines is 1. The SMILES string of the molecule is C=C(/C=C\C(=C/C)Oc1ccc(N)nc1)[N+](=O)[O-]. The van der Waals surface area contributed by atoms with Crippen LogP contribution in [0.15, 0.2) is 54.6 Å². The van der Waals surface area contributed by atoms with Crippen LogP contribution in [0.25, 0.3) is 0 Å². The van der Waals surface area contributed by atoms with Gasteiger partial charge in [-0.25, -0.2) is 4.98 Å². The Morgan fingerprint density at radius 2 is 2.28 bits per heavy atom. The normalized spacial score (nSPS) is 11.5. The highest BCUT2D eigenvalue weighted by Crippen LogP contribution is 2.14. The van der Waals surface area contributed by atoms with Gasteiger partial charge in [-0.1, -0.05) is 0 Å². The number of rotatable bonds is 5. The molecule has 1 aromatic heterocycles. The van der Waals surface area contributed by atoms with Gasteiger partial charge >= 0.3 is 0 Å². The number of nitrogens with two attached hydrogens (primary N) is 1. The Morgan fingerprint density at radius 1 is 1.56 bits per heavy atom. The first-order valence-electron chi connectivity index (χ1n) is 5.10. The smallest absolute Gasteiger partial charge is 0.262 e. The Balaban J connectivity index is 2.72. The second-order valence-electron chi connectivity index (χ2n) is 3.29. The van der Waals surface area contributed by atoms with E-state index in [4.69, 9.17) is 10.5 Å². The minimum Gasteiger partial charge on any atom is -0.456 e. The average Bonchev–Trinajstić information content (AvgIpc) is 2.36. The third kappa shape index (κ3) is 4.09. The van der Waals surface area contributed by atoms with Crippen molar-refractivity contribution in [1.29, 1.82) is 0 Å². The number of nitrogen functional groups attached to an aromatic ring is 1. The van der Waals surface area contributed by atoms with Crippen LogP contribution in [0, 0.1) is 10.1 Å². The summed E-state index contributed by atoms with van der Waals surface area (Å²) >= 11 is 0. The molecular formula is C12H13N3O3. The van der Waals surface area contributed by atoms with Gasteiger partial charge in [0.25, 0.3) is 5.70 Å². The zero-order valence-corrected chi connectivity index (χ0v) is 9.87. The lowest BCUT2D eigenvalue weighted by Gasteiger charge is -2.05.